The molecule has 3 aromatic rings. The number of H-pyrrole nitrogens is 1. The van der Waals surface area contributed by atoms with Gasteiger partial charge < -0.3 is 10.6 Å². The SMILES string of the molecule is CCCC(=O)N1CCc2nc(N)c(C#N)c(-c3cn[nH]c3-c3ccc(C)cc3)c2C1. The first kappa shape index (κ1) is 19.6. The van der Waals surface area contributed by atoms with Crippen molar-refractivity contribution >= 4 is 11.7 Å². The number of benzene rings is 1. The average molecular weight is 400 g/mol. The third-order valence-corrected chi connectivity index (χ3v) is 5.56. The van der Waals surface area contributed by atoms with Gasteiger partial charge in [0.25, 0.3) is 0 Å². The lowest BCUT2D eigenvalue weighted by molar-refractivity contribution is -0.132. The summed E-state index contributed by atoms with van der Waals surface area (Å²) in [6.45, 7) is 5.06. The van der Waals surface area contributed by atoms with E-state index >= 15 is 0 Å². The highest BCUT2D eigenvalue weighted by atomic mass is 16.2. The summed E-state index contributed by atoms with van der Waals surface area (Å²) in [6, 6.07) is 10.3. The Morgan fingerprint density at radius 1 is 1.33 bits per heavy atom. The third-order valence-electron chi connectivity index (χ3n) is 5.56. The van der Waals surface area contributed by atoms with Crippen molar-refractivity contribution in [2.24, 2.45) is 0 Å². The summed E-state index contributed by atoms with van der Waals surface area (Å²) >= 11 is 0. The topological polar surface area (TPSA) is 112 Å². The molecule has 0 spiro atoms. The number of anilines is 1. The summed E-state index contributed by atoms with van der Waals surface area (Å²) < 4.78 is 0. The average Bonchev–Trinajstić information content (AvgIpc) is 3.22. The van der Waals surface area contributed by atoms with E-state index in [2.05, 4.69) is 21.3 Å². The van der Waals surface area contributed by atoms with Crippen LogP contribution in [0.1, 0.15) is 42.1 Å². The first-order valence-electron chi connectivity index (χ1n) is 10.1. The summed E-state index contributed by atoms with van der Waals surface area (Å²) in [4.78, 5) is 18.9. The van der Waals surface area contributed by atoms with Gasteiger partial charge >= 0.3 is 0 Å². The molecule has 0 bridgehead atoms. The number of aromatic nitrogens is 3. The van der Waals surface area contributed by atoms with Gasteiger partial charge in [0.15, 0.2) is 0 Å². The first-order chi connectivity index (χ1) is 14.5. The van der Waals surface area contributed by atoms with Gasteiger partial charge in [-0.1, -0.05) is 36.8 Å². The normalized spacial score (nSPS) is 13.0. The van der Waals surface area contributed by atoms with Crippen LogP contribution in [0.25, 0.3) is 22.4 Å². The summed E-state index contributed by atoms with van der Waals surface area (Å²) in [5.41, 5.74) is 12.7. The van der Waals surface area contributed by atoms with Crippen LogP contribution in [0.2, 0.25) is 0 Å². The van der Waals surface area contributed by atoms with Gasteiger partial charge in [-0.05, 0) is 13.3 Å². The van der Waals surface area contributed by atoms with Gasteiger partial charge in [-0.2, -0.15) is 10.4 Å². The van der Waals surface area contributed by atoms with Crippen LogP contribution in [-0.2, 0) is 17.8 Å². The molecule has 152 valence electrons. The van der Waals surface area contributed by atoms with E-state index in [1.807, 2.05) is 43.0 Å². The Kier molecular flexibility index (Phi) is 5.23. The second-order valence-corrected chi connectivity index (χ2v) is 7.62. The molecule has 2 aromatic heterocycles. The van der Waals surface area contributed by atoms with Gasteiger partial charge in [0.05, 0.1) is 17.6 Å². The van der Waals surface area contributed by atoms with Crippen LogP contribution in [0, 0.1) is 18.3 Å². The number of nitrogens with zero attached hydrogens (tertiary/aromatic N) is 4. The van der Waals surface area contributed by atoms with Gasteiger partial charge in [-0.3, -0.25) is 9.89 Å². The zero-order valence-corrected chi connectivity index (χ0v) is 17.2. The van der Waals surface area contributed by atoms with Gasteiger partial charge in [0.2, 0.25) is 5.91 Å². The molecule has 1 aliphatic heterocycles. The summed E-state index contributed by atoms with van der Waals surface area (Å²) in [5.74, 6) is 0.339. The largest absolute Gasteiger partial charge is 0.383 e. The smallest absolute Gasteiger partial charge is 0.222 e. The Labute approximate surface area is 175 Å². The number of aryl methyl sites for hydroxylation is 1. The standard InChI is InChI=1S/C23H24N6O/c1-3-4-20(30)29-10-9-19-18(13-29)21(16(11-24)23(25)27-19)17-12-26-28-22(17)15-7-5-14(2)6-8-15/h5-8,12H,3-4,9-10,13H2,1-2H3,(H2,25,27)(H,26,28). The number of nitrogens with two attached hydrogens (primary N) is 1. The van der Waals surface area contributed by atoms with Crippen molar-refractivity contribution in [2.45, 2.75) is 39.7 Å². The molecule has 3 heterocycles. The van der Waals surface area contributed by atoms with Crippen LogP contribution in [0.15, 0.2) is 30.5 Å². The number of hydrogen-bond acceptors (Lipinski definition) is 5. The number of nitriles is 1. The van der Waals surface area contributed by atoms with Crippen LogP contribution in [0.4, 0.5) is 5.82 Å². The fourth-order valence-electron chi connectivity index (χ4n) is 3.99. The van der Waals surface area contributed by atoms with E-state index in [9.17, 15) is 10.1 Å². The van der Waals surface area contributed by atoms with E-state index < -0.39 is 0 Å². The highest BCUT2D eigenvalue weighted by Crippen LogP contribution is 2.39. The fourth-order valence-corrected chi connectivity index (χ4v) is 3.99. The number of amides is 1. The van der Waals surface area contributed by atoms with Gasteiger partial charge in [0, 0.05) is 48.2 Å². The maximum absolute atomic E-state index is 12.5. The minimum absolute atomic E-state index is 0.121. The molecule has 0 fully saturated rings. The molecule has 0 atom stereocenters. The molecule has 0 unspecified atom stereocenters. The number of fused-ring (bicyclic) bond motifs is 1. The monoisotopic (exact) mass is 400 g/mol. The fraction of sp³-hybridized carbons (Fsp3) is 0.304. The molecular formula is C23H24N6O. The van der Waals surface area contributed by atoms with Gasteiger partial charge in [-0.25, -0.2) is 4.98 Å². The molecule has 1 aliphatic rings. The number of carbonyl (C=O) groups is 1. The summed E-state index contributed by atoms with van der Waals surface area (Å²) in [7, 11) is 0. The van der Waals surface area contributed by atoms with Crippen molar-refractivity contribution in [2.75, 3.05) is 12.3 Å². The van der Waals surface area contributed by atoms with Gasteiger partial charge in [-0.15, -0.1) is 0 Å². The highest BCUT2D eigenvalue weighted by molar-refractivity contribution is 5.88. The minimum atomic E-state index is 0.121. The predicted octanol–water partition coefficient (Wildman–Crippen LogP) is 3.59. The Bertz CT molecular complexity index is 1140. The molecule has 7 heteroatoms. The van der Waals surface area contributed by atoms with Crippen molar-refractivity contribution in [3.8, 4) is 28.5 Å². The minimum Gasteiger partial charge on any atom is -0.383 e. The van der Waals surface area contributed by atoms with Crippen molar-refractivity contribution in [3.63, 3.8) is 0 Å². The Balaban J connectivity index is 1.88. The predicted molar refractivity (Wildman–Crippen MR) is 115 cm³/mol. The maximum atomic E-state index is 12.5. The lowest BCUT2D eigenvalue weighted by Crippen LogP contribution is -2.36. The quantitative estimate of drug-likeness (QED) is 0.695. The van der Waals surface area contributed by atoms with Crippen molar-refractivity contribution < 1.29 is 4.79 Å². The number of aromatic amines is 1. The zero-order chi connectivity index (χ0) is 21.3. The van der Waals surface area contributed by atoms with E-state index in [-0.39, 0.29) is 11.7 Å². The second kappa shape index (κ2) is 7.99. The van der Waals surface area contributed by atoms with E-state index in [1.165, 1.54) is 0 Å². The lowest BCUT2D eigenvalue weighted by Gasteiger charge is -2.30. The molecule has 1 aromatic carbocycles. The van der Waals surface area contributed by atoms with Crippen molar-refractivity contribution in [1.82, 2.24) is 20.1 Å². The number of nitrogen functional groups attached to an aromatic ring is 1. The van der Waals surface area contributed by atoms with E-state index in [0.29, 0.717) is 31.5 Å². The van der Waals surface area contributed by atoms with Crippen LogP contribution in [-0.4, -0.2) is 32.5 Å². The van der Waals surface area contributed by atoms with Crippen LogP contribution >= 0.6 is 0 Å². The Hall–Kier alpha value is -3.66. The van der Waals surface area contributed by atoms with E-state index in [0.717, 1.165) is 45.6 Å². The lowest BCUT2D eigenvalue weighted by atomic mass is 9.90. The molecule has 1 amide bonds. The molecule has 0 saturated heterocycles. The summed E-state index contributed by atoms with van der Waals surface area (Å²) in [5, 5.41) is 17.2. The van der Waals surface area contributed by atoms with Gasteiger partial charge in [0.1, 0.15) is 17.5 Å². The number of carbonyl (C=O) groups excluding carboxylic acids is 1. The number of pyridine rings is 1. The van der Waals surface area contributed by atoms with Crippen molar-refractivity contribution in [1.29, 1.82) is 5.26 Å². The molecular weight excluding hydrogens is 376 g/mol. The van der Waals surface area contributed by atoms with Crippen LogP contribution < -0.4 is 5.73 Å². The number of hydrogen-bond donors (Lipinski definition) is 2. The molecule has 4 rings (SSSR count). The number of nitrogens with one attached hydrogen (secondary N) is 1. The molecule has 0 radical (unpaired) electrons. The molecule has 0 aliphatic carbocycles. The second-order valence-electron chi connectivity index (χ2n) is 7.62. The van der Waals surface area contributed by atoms with E-state index in [4.69, 9.17) is 5.73 Å². The maximum Gasteiger partial charge on any atom is 0.222 e. The Morgan fingerprint density at radius 2 is 2.10 bits per heavy atom. The molecule has 7 nitrogen and oxygen atoms in total. The third kappa shape index (κ3) is 3.41. The summed E-state index contributed by atoms with van der Waals surface area (Å²) in [6.07, 6.45) is 3.65. The highest BCUT2D eigenvalue weighted by Gasteiger charge is 2.29. The molecule has 3 N–H and O–H groups in total. The van der Waals surface area contributed by atoms with Crippen molar-refractivity contribution in [3.05, 3.63) is 52.8 Å². The molecule has 30 heavy (non-hydrogen) atoms. The first-order valence-corrected chi connectivity index (χ1v) is 10.1. The van der Waals surface area contributed by atoms with Crippen LogP contribution in [0.5, 0.6) is 0 Å². The van der Waals surface area contributed by atoms with Crippen LogP contribution in [0.3, 0.4) is 0 Å². The van der Waals surface area contributed by atoms with E-state index in [1.54, 1.807) is 6.20 Å². The zero-order valence-electron chi connectivity index (χ0n) is 17.2. The number of rotatable bonds is 4. The molecule has 0 saturated carbocycles. The Morgan fingerprint density at radius 3 is 2.80 bits per heavy atom.